The van der Waals surface area contributed by atoms with Crippen LogP contribution in [-0.2, 0) is 10.8 Å². The molecule has 0 aromatic heterocycles. The third-order valence-corrected chi connectivity index (χ3v) is 14.0. The molecule has 0 saturated heterocycles. The monoisotopic (exact) mass is 794 g/mol. The van der Waals surface area contributed by atoms with Crippen LogP contribution < -0.4 is 9.80 Å². The Kier molecular flexibility index (Phi) is 7.96. The summed E-state index contributed by atoms with van der Waals surface area (Å²) < 4.78 is 0. The fourth-order valence-electron chi connectivity index (χ4n) is 10.9. The van der Waals surface area contributed by atoms with Gasteiger partial charge in [0.05, 0.1) is 0 Å². The Morgan fingerprint density at radius 2 is 0.565 bits per heavy atom. The molecule has 12 rings (SSSR count). The first-order valence-corrected chi connectivity index (χ1v) is 21.8. The van der Waals surface area contributed by atoms with Gasteiger partial charge in [0.25, 0.3) is 0 Å². The van der Waals surface area contributed by atoms with E-state index in [9.17, 15) is 0 Å². The van der Waals surface area contributed by atoms with Crippen LogP contribution in [0.2, 0.25) is 0 Å². The highest BCUT2D eigenvalue weighted by Gasteiger charge is 2.37. The highest BCUT2D eigenvalue weighted by molar-refractivity contribution is 6.26. The van der Waals surface area contributed by atoms with Gasteiger partial charge < -0.3 is 9.80 Å². The predicted molar refractivity (Wildman–Crippen MR) is 263 cm³/mol. The molecule has 2 nitrogen and oxygen atoms in total. The summed E-state index contributed by atoms with van der Waals surface area (Å²) >= 11 is 0. The highest BCUT2D eigenvalue weighted by atomic mass is 15.1. The zero-order chi connectivity index (χ0) is 41.7. The maximum atomic E-state index is 2.43. The Hall–Kier alpha value is -7.42. The van der Waals surface area contributed by atoms with E-state index in [-0.39, 0.29) is 10.8 Å². The minimum absolute atomic E-state index is 0.0965. The van der Waals surface area contributed by atoms with Crippen LogP contribution in [0.4, 0.5) is 34.1 Å². The van der Waals surface area contributed by atoms with E-state index in [0.29, 0.717) is 0 Å². The summed E-state index contributed by atoms with van der Waals surface area (Å²) in [5.41, 5.74) is 17.5. The van der Waals surface area contributed by atoms with Gasteiger partial charge in [-0.3, -0.25) is 0 Å². The molecule has 10 aromatic rings. The molecule has 0 spiro atoms. The molecule has 2 aliphatic carbocycles. The fourth-order valence-corrected chi connectivity index (χ4v) is 10.9. The van der Waals surface area contributed by atoms with Gasteiger partial charge in [-0.1, -0.05) is 161 Å². The van der Waals surface area contributed by atoms with Crippen LogP contribution in [0.3, 0.4) is 0 Å². The lowest BCUT2D eigenvalue weighted by Crippen LogP contribution is -2.16. The minimum Gasteiger partial charge on any atom is -0.310 e. The van der Waals surface area contributed by atoms with Gasteiger partial charge in [0.1, 0.15) is 0 Å². The van der Waals surface area contributed by atoms with Crippen molar-refractivity contribution in [1.29, 1.82) is 0 Å². The maximum Gasteiger partial charge on any atom is 0.0468 e. The molecule has 2 aliphatic rings. The maximum absolute atomic E-state index is 2.43. The van der Waals surface area contributed by atoms with Gasteiger partial charge in [-0.05, 0) is 150 Å². The Morgan fingerprint density at radius 3 is 1.00 bits per heavy atom. The molecule has 296 valence electrons. The van der Waals surface area contributed by atoms with Crippen molar-refractivity contribution in [2.24, 2.45) is 0 Å². The first-order valence-electron chi connectivity index (χ1n) is 21.8. The Balaban J connectivity index is 1.02. The smallest absolute Gasteiger partial charge is 0.0468 e. The molecule has 0 radical (unpaired) electrons. The first kappa shape index (κ1) is 36.4. The number of nitrogens with zero attached hydrogens (tertiary/aromatic N) is 2. The molecule has 0 unspecified atom stereocenters. The van der Waals surface area contributed by atoms with E-state index >= 15 is 0 Å². The van der Waals surface area contributed by atoms with E-state index in [1.807, 2.05) is 0 Å². The van der Waals surface area contributed by atoms with Crippen LogP contribution in [0.1, 0.15) is 49.9 Å². The second-order valence-corrected chi connectivity index (χ2v) is 18.1. The molecule has 0 atom stereocenters. The van der Waals surface area contributed by atoms with Crippen molar-refractivity contribution < 1.29 is 0 Å². The average Bonchev–Trinajstić information content (AvgIpc) is 3.69. The van der Waals surface area contributed by atoms with Crippen LogP contribution in [-0.4, -0.2) is 0 Å². The molecule has 0 saturated carbocycles. The van der Waals surface area contributed by atoms with E-state index in [1.165, 1.54) is 76.8 Å². The summed E-state index contributed by atoms with van der Waals surface area (Å²) in [5.74, 6) is 0. The van der Waals surface area contributed by atoms with Gasteiger partial charge in [0, 0.05) is 45.0 Å². The molecular formula is C60H46N2. The molecule has 2 heteroatoms. The summed E-state index contributed by atoms with van der Waals surface area (Å²) in [6, 6.07) is 76.6. The molecule has 0 N–H and O–H groups in total. The molecule has 10 aromatic carbocycles. The van der Waals surface area contributed by atoms with Crippen molar-refractivity contribution in [3.05, 3.63) is 229 Å². The van der Waals surface area contributed by atoms with Crippen LogP contribution in [0, 0.1) is 0 Å². The van der Waals surface area contributed by atoms with E-state index in [2.05, 4.69) is 244 Å². The lowest BCUT2D eigenvalue weighted by atomic mass is 9.82. The SMILES string of the molecule is CC1(C)c2ccccc2-c2ccc(N(c3ccccc3)c3ccc4c5ccc(N(c6ccccc6)c6ccc7c(c6)C(C)(C)c6ccccc6-7)cc5c5ccccc5c4c3)cc21. The fraction of sp³-hybridized carbons (Fsp3) is 0.100. The number of benzene rings is 10. The summed E-state index contributed by atoms with van der Waals surface area (Å²) in [6.45, 7) is 9.44. The highest BCUT2D eigenvalue weighted by Crippen LogP contribution is 2.53. The first-order chi connectivity index (χ1) is 30.3. The Labute approximate surface area is 364 Å². The van der Waals surface area contributed by atoms with Gasteiger partial charge in [-0.15, -0.1) is 0 Å². The second kappa shape index (κ2) is 13.5. The van der Waals surface area contributed by atoms with Gasteiger partial charge >= 0.3 is 0 Å². The van der Waals surface area contributed by atoms with Gasteiger partial charge in [0.2, 0.25) is 0 Å². The number of para-hydroxylation sites is 2. The van der Waals surface area contributed by atoms with Gasteiger partial charge in [-0.25, -0.2) is 0 Å². The average molecular weight is 795 g/mol. The number of fused-ring (bicyclic) bond motifs is 12. The predicted octanol–water partition coefficient (Wildman–Crippen LogP) is 16.7. The van der Waals surface area contributed by atoms with Crippen LogP contribution >= 0.6 is 0 Å². The molecule has 0 aliphatic heterocycles. The zero-order valence-corrected chi connectivity index (χ0v) is 35.5. The number of hydrogen-bond donors (Lipinski definition) is 0. The zero-order valence-electron chi connectivity index (χ0n) is 35.5. The summed E-state index contributed by atoms with van der Waals surface area (Å²) in [5, 5.41) is 7.47. The van der Waals surface area contributed by atoms with Gasteiger partial charge in [-0.2, -0.15) is 0 Å². The van der Waals surface area contributed by atoms with Crippen LogP contribution in [0.25, 0.3) is 54.6 Å². The normalized spacial score (nSPS) is 14.1. The molecule has 0 amide bonds. The van der Waals surface area contributed by atoms with Crippen molar-refractivity contribution in [1.82, 2.24) is 0 Å². The van der Waals surface area contributed by atoms with E-state index in [4.69, 9.17) is 0 Å². The largest absolute Gasteiger partial charge is 0.310 e. The summed E-state index contributed by atoms with van der Waals surface area (Å²) in [4.78, 5) is 4.85. The molecule has 62 heavy (non-hydrogen) atoms. The van der Waals surface area contributed by atoms with Crippen molar-refractivity contribution in [3.63, 3.8) is 0 Å². The van der Waals surface area contributed by atoms with E-state index < -0.39 is 0 Å². The summed E-state index contributed by atoms with van der Waals surface area (Å²) in [7, 11) is 0. The van der Waals surface area contributed by atoms with Crippen molar-refractivity contribution in [2.45, 2.75) is 38.5 Å². The van der Waals surface area contributed by atoms with E-state index in [0.717, 1.165) is 34.1 Å². The molecular weight excluding hydrogens is 749 g/mol. The van der Waals surface area contributed by atoms with Crippen molar-refractivity contribution in [2.75, 3.05) is 9.80 Å². The van der Waals surface area contributed by atoms with Crippen LogP contribution in [0.5, 0.6) is 0 Å². The van der Waals surface area contributed by atoms with Crippen LogP contribution in [0.15, 0.2) is 206 Å². The van der Waals surface area contributed by atoms with Crippen molar-refractivity contribution in [3.8, 4) is 22.3 Å². The third kappa shape index (κ3) is 5.36. The minimum atomic E-state index is -0.0965. The Bertz CT molecular complexity index is 3170. The van der Waals surface area contributed by atoms with Crippen molar-refractivity contribution >= 4 is 66.4 Å². The second-order valence-electron chi connectivity index (χ2n) is 18.1. The lowest BCUT2D eigenvalue weighted by Gasteiger charge is -2.29. The topological polar surface area (TPSA) is 6.48 Å². The number of hydrogen-bond acceptors (Lipinski definition) is 2. The lowest BCUT2D eigenvalue weighted by molar-refractivity contribution is 0.660. The Morgan fingerprint density at radius 1 is 0.242 bits per heavy atom. The molecule has 0 fully saturated rings. The standard InChI is InChI=1S/C60H46N2/c1-59(2)55-25-15-13-23-49(55)51-33-29-43(37-57(51)59)61(39-17-7-5-8-18-39)41-27-31-47-48-32-28-42(36-54(48)46-22-12-11-21-45(46)53(47)35-41)62(40-19-9-6-10-20-40)44-30-34-52-50-24-14-16-26-56(50)60(3,4)58(52)38-44/h5-38H,1-4H3. The molecule has 0 bridgehead atoms. The number of anilines is 6. The molecule has 0 heterocycles. The third-order valence-electron chi connectivity index (χ3n) is 14.0. The summed E-state index contributed by atoms with van der Waals surface area (Å²) in [6.07, 6.45) is 0. The van der Waals surface area contributed by atoms with Gasteiger partial charge in [0.15, 0.2) is 0 Å². The number of rotatable bonds is 6. The van der Waals surface area contributed by atoms with E-state index in [1.54, 1.807) is 0 Å². The quantitative estimate of drug-likeness (QED) is 0.155.